The van der Waals surface area contributed by atoms with Crippen molar-refractivity contribution in [3.63, 3.8) is 0 Å². The van der Waals surface area contributed by atoms with Gasteiger partial charge in [-0.25, -0.2) is 9.82 Å². The summed E-state index contributed by atoms with van der Waals surface area (Å²) in [5.41, 5.74) is 2.61. The van der Waals surface area contributed by atoms with Crippen LogP contribution >= 0.6 is 0 Å². The number of amides is 2. The maximum atomic E-state index is 13.0. The normalized spacial score (nSPS) is 14.2. The second kappa shape index (κ2) is 6.83. The number of ether oxygens (including phenoxy) is 1. The van der Waals surface area contributed by atoms with Gasteiger partial charge in [-0.15, -0.1) is 0 Å². The molecule has 0 fully saturated rings. The summed E-state index contributed by atoms with van der Waals surface area (Å²) in [5.74, 6) is -0.399. The van der Waals surface area contributed by atoms with Gasteiger partial charge in [0.05, 0.1) is 6.54 Å². The van der Waals surface area contributed by atoms with Crippen molar-refractivity contribution in [1.82, 2.24) is 10.3 Å². The monoisotopic (exact) mass is 293 g/mol. The molecule has 0 saturated heterocycles. The second-order valence-electron chi connectivity index (χ2n) is 4.63. The van der Waals surface area contributed by atoms with Crippen molar-refractivity contribution in [3.05, 3.63) is 30.1 Å². The van der Waals surface area contributed by atoms with E-state index >= 15 is 0 Å². The molecule has 1 aromatic rings. The lowest BCUT2D eigenvalue weighted by Crippen LogP contribution is -2.39. The average Bonchev–Trinajstić information content (AvgIpc) is 2.47. The van der Waals surface area contributed by atoms with E-state index in [9.17, 15) is 14.0 Å². The number of carbonyl (C=O) groups is 2. The van der Waals surface area contributed by atoms with E-state index in [0.29, 0.717) is 24.4 Å². The minimum Gasteiger partial charge on any atom is -0.492 e. The van der Waals surface area contributed by atoms with Crippen molar-refractivity contribution in [2.75, 3.05) is 20.2 Å². The molecule has 1 N–H and O–H groups in total. The molecule has 6 nitrogen and oxygen atoms in total. The predicted octanol–water partition coefficient (Wildman–Crippen LogP) is 0.929. The van der Waals surface area contributed by atoms with Crippen LogP contribution in [0.2, 0.25) is 0 Å². The Morgan fingerprint density at radius 2 is 2.29 bits per heavy atom. The van der Waals surface area contributed by atoms with Crippen molar-refractivity contribution >= 4 is 17.5 Å². The third-order valence-electron chi connectivity index (χ3n) is 2.99. The Morgan fingerprint density at radius 1 is 1.48 bits per heavy atom. The van der Waals surface area contributed by atoms with Crippen molar-refractivity contribution in [3.8, 4) is 5.75 Å². The number of carbonyl (C=O) groups excluding carboxylic acids is 2. The molecule has 0 unspecified atom stereocenters. The number of hydrazone groups is 1. The maximum Gasteiger partial charge on any atom is 0.269 e. The van der Waals surface area contributed by atoms with Crippen LogP contribution in [0.4, 0.5) is 4.39 Å². The summed E-state index contributed by atoms with van der Waals surface area (Å²) in [4.78, 5) is 24.4. The first-order valence-corrected chi connectivity index (χ1v) is 6.55. The Bertz CT molecular complexity index is 574. The SMILES string of the molecule is CN(CCOc1cccc(F)c1)C(=O)C1=NNC(=O)CC1. The van der Waals surface area contributed by atoms with Gasteiger partial charge in [0.25, 0.3) is 5.91 Å². The van der Waals surface area contributed by atoms with Gasteiger partial charge in [0.2, 0.25) is 5.91 Å². The Morgan fingerprint density at radius 3 is 2.95 bits per heavy atom. The number of hydrogen-bond acceptors (Lipinski definition) is 4. The number of nitrogens with zero attached hydrogens (tertiary/aromatic N) is 2. The highest BCUT2D eigenvalue weighted by atomic mass is 19.1. The molecule has 2 rings (SSSR count). The first-order chi connectivity index (χ1) is 10.1. The largest absolute Gasteiger partial charge is 0.492 e. The van der Waals surface area contributed by atoms with E-state index in [0.717, 1.165) is 0 Å². The molecule has 0 bridgehead atoms. The second-order valence-corrected chi connectivity index (χ2v) is 4.63. The standard InChI is InChI=1S/C14H16FN3O3/c1-18(14(20)12-5-6-13(19)17-16-12)7-8-21-11-4-2-3-10(15)9-11/h2-4,9H,5-8H2,1H3,(H,17,19). The molecule has 2 amide bonds. The summed E-state index contributed by atoms with van der Waals surface area (Å²) in [6.45, 7) is 0.577. The van der Waals surface area contributed by atoms with Crippen LogP contribution in [0, 0.1) is 5.82 Å². The Balaban J connectivity index is 1.80. The zero-order chi connectivity index (χ0) is 15.2. The van der Waals surface area contributed by atoms with E-state index in [1.165, 1.54) is 17.0 Å². The van der Waals surface area contributed by atoms with Gasteiger partial charge in [-0.3, -0.25) is 9.59 Å². The number of likely N-dealkylation sites (N-methyl/N-ethyl adjacent to an activating group) is 1. The molecule has 0 aliphatic carbocycles. The molecule has 0 atom stereocenters. The van der Waals surface area contributed by atoms with Gasteiger partial charge in [0.15, 0.2) is 0 Å². The van der Waals surface area contributed by atoms with Gasteiger partial charge >= 0.3 is 0 Å². The van der Waals surface area contributed by atoms with Crippen molar-refractivity contribution in [2.45, 2.75) is 12.8 Å². The summed E-state index contributed by atoms with van der Waals surface area (Å²) in [6, 6.07) is 5.81. The van der Waals surface area contributed by atoms with Gasteiger partial charge in [-0.1, -0.05) is 6.07 Å². The minimum atomic E-state index is -0.371. The van der Waals surface area contributed by atoms with E-state index in [1.54, 1.807) is 19.2 Å². The van der Waals surface area contributed by atoms with Crippen molar-refractivity contribution in [2.24, 2.45) is 5.10 Å². The quantitative estimate of drug-likeness (QED) is 0.878. The maximum absolute atomic E-state index is 13.0. The lowest BCUT2D eigenvalue weighted by molar-refractivity contribution is -0.123. The van der Waals surface area contributed by atoms with Crippen molar-refractivity contribution < 1.29 is 18.7 Å². The fraction of sp³-hybridized carbons (Fsp3) is 0.357. The summed E-state index contributed by atoms with van der Waals surface area (Å²) in [7, 11) is 1.62. The first kappa shape index (κ1) is 15.0. The average molecular weight is 293 g/mol. The van der Waals surface area contributed by atoms with Crippen LogP contribution in [0.15, 0.2) is 29.4 Å². The highest BCUT2D eigenvalue weighted by molar-refractivity contribution is 6.39. The lowest BCUT2D eigenvalue weighted by atomic mass is 10.1. The molecule has 21 heavy (non-hydrogen) atoms. The molecule has 0 aromatic heterocycles. The van der Waals surface area contributed by atoms with Crippen LogP contribution < -0.4 is 10.2 Å². The number of hydrogen-bond donors (Lipinski definition) is 1. The fourth-order valence-electron chi connectivity index (χ4n) is 1.81. The first-order valence-electron chi connectivity index (χ1n) is 6.55. The molecule has 7 heteroatoms. The predicted molar refractivity (Wildman–Crippen MR) is 74.3 cm³/mol. The molecular weight excluding hydrogens is 277 g/mol. The van der Waals surface area contributed by atoms with Gasteiger partial charge in [-0.05, 0) is 12.1 Å². The Kier molecular flexibility index (Phi) is 4.86. The highest BCUT2D eigenvalue weighted by Crippen LogP contribution is 2.11. The van der Waals surface area contributed by atoms with Crippen LogP contribution in [0.5, 0.6) is 5.75 Å². The summed E-state index contributed by atoms with van der Waals surface area (Å²) in [6.07, 6.45) is 0.595. The molecular formula is C14H16FN3O3. The van der Waals surface area contributed by atoms with Crippen molar-refractivity contribution in [1.29, 1.82) is 0 Å². The van der Waals surface area contributed by atoms with E-state index in [4.69, 9.17) is 4.74 Å². The molecule has 1 heterocycles. The van der Waals surface area contributed by atoms with Gasteiger partial charge < -0.3 is 9.64 Å². The zero-order valence-corrected chi connectivity index (χ0v) is 11.6. The number of rotatable bonds is 5. The van der Waals surface area contributed by atoms with Crippen LogP contribution in [0.1, 0.15) is 12.8 Å². The van der Waals surface area contributed by atoms with Crippen LogP contribution in [0.25, 0.3) is 0 Å². The Hall–Kier alpha value is -2.44. The van der Waals surface area contributed by atoms with Crippen LogP contribution in [0.3, 0.4) is 0 Å². The number of nitrogens with one attached hydrogen (secondary N) is 1. The molecule has 0 spiro atoms. The highest BCUT2D eigenvalue weighted by Gasteiger charge is 2.21. The summed E-state index contributed by atoms with van der Waals surface area (Å²) >= 11 is 0. The molecule has 1 aliphatic rings. The molecule has 112 valence electrons. The molecule has 1 aromatic carbocycles. The van der Waals surface area contributed by atoms with Gasteiger partial charge in [0.1, 0.15) is 23.9 Å². The van der Waals surface area contributed by atoms with E-state index in [1.807, 2.05) is 0 Å². The topological polar surface area (TPSA) is 71.0 Å². The molecule has 0 saturated carbocycles. The minimum absolute atomic E-state index is 0.191. The van der Waals surface area contributed by atoms with Crippen LogP contribution in [-0.4, -0.2) is 42.6 Å². The summed E-state index contributed by atoms with van der Waals surface area (Å²) < 4.78 is 18.3. The molecule has 1 aliphatic heterocycles. The van der Waals surface area contributed by atoms with E-state index in [2.05, 4.69) is 10.5 Å². The van der Waals surface area contributed by atoms with Crippen LogP contribution in [-0.2, 0) is 9.59 Å². The smallest absolute Gasteiger partial charge is 0.269 e. The summed E-state index contributed by atoms with van der Waals surface area (Å²) in [5, 5.41) is 3.74. The third-order valence-corrected chi connectivity index (χ3v) is 2.99. The van der Waals surface area contributed by atoms with E-state index < -0.39 is 0 Å². The van der Waals surface area contributed by atoms with E-state index in [-0.39, 0.29) is 30.7 Å². The Labute approximate surface area is 121 Å². The van der Waals surface area contributed by atoms with Gasteiger partial charge in [-0.2, -0.15) is 5.10 Å². The molecule has 0 radical (unpaired) electrons. The van der Waals surface area contributed by atoms with Gasteiger partial charge in [0, 0.05) is 26.0 Å². The third kappa shape index (κ3) is 4.27. The number of benzene rings is 1. The lowest BCUT2D eigenvalue weighted by Gasteiger charge is -2.20. The fourth-order valence-corrected chi connectivity index (χ4v) is 1.81. The zero-order valence-electron chi connectivity index (χ0n) is 11.6. The number of halogens is 1.